The molecular weight excluding hydrogens is 242 g/mol. The van der Waals surface area contributed by atoms with Gasteiger partial charge in [0.15, 0.2) is 0 Å². The Balaban J connectivity index is -0.000000333. The molecule has 0 atom stereocenters. The Morgan fingerprint density at radius 1 is 1.31 bits per heavy atom. The zero-order valence-corrected chi connectivity index (χ0v) is 11.0. The van der Waals surface area contributed by atoms with E-state index in [-0.39, 0.29) is 43.4 Å². The zero-order chi connectivity index (χ0) is 7.40. The molecule has 1 aromatic rings. The number of halogens is 2. The van der Waals surface area contributed by atoms with E-state index in [1.165, 1.54) is 30.4 Å². The predicted molar refractivity (Wildman–Crippen MR) is 45.4 cm³/mol. The molecule has 1 radical (unpaired) electrons. The van der Waals surface area contributed by atoms with Crippen LogP contribution < -0.4 is 24.8 Å². The third-order valence-electron chi connectivity index (χ3n) is 1.79. The van der Waals surface area contributed by atoms with Crippen molar-refractivity contribution >= 4 is 0 Å². The van der Waals surface area contributed by atoms with Crippen molar-refractivity contribution in [3.05, 3.63) is 29.3 Å². The van der Waals surface area contributed by atoms with Crippen molar-refractivity contribution in [3.63, 3.8) is 0 Å². The summed E-state index contributed by atoms with van der Waals surface area (Å²) < 4.78 is 0. The summed E-state index contributed by atoms with van der Waals surface area (Å²) in [6, 6.07) is 6.69. The van der Waals surface area contributed by atoms with Crippen molar-refractivity contribution < 1.29 is 43.4 Å². The van der Waals surface area contributed by atoms with Gasteiger partial charge in [-0.1, -0.05) is 33.1 Å². The van der Waals surface area contributed by atoms with E-state index in [9.17, 15) is 0 Å². The number of hydrogen-bond acceptors (Lipinski definition) is 0. The molecule has 0 fully saturated rings. The van der Waals surface area contributed by atoms with Crippen molar-refractivity contribution in [1.29, 1.82) is 0 Å². The zero-order valence-electron chi connectivity index (χ0n) is 8.06. The van der Waals surface area contributed by atoms with Crippen LogP contribution in [0.1, 0.15) is 30.9 Å². The fourth-order valence-corrected chi connectivity index (χ4v) is 1.16. The van der Waals surface area contributed by atoms with Gasteiger partial charge in [0, 0.05) is 0 Å². The molecule has 0 aliphatic heterocycles. The van der Waals surface area contributed by atoms with Crippen molar-refractivity contribution in [1.82, 2.24) is 0 Å². The van der Waals surface area contributed by atoms with Gasteiger partial charge >= 0.3 is 18.6 Å². The van der Waals surface area contributed by atoms with Crippen LogP contribution in [-0.4, -0.2) is 0 Å². The average Bonchev–Trinajstić information content (AvgIpc) is 2.31. The van der Waals surface area contributed by atoms with E-state index in [1.807, 2.05) is 0 Å². The molecule has 13 heavy (non-hydrogen) atoms. The van der Waals surface area contributed by atoms with Gasteiger partial charge in [-0.3, -0.25) is 0 Å². The molecule has 0 saturated carbocycles. The summed E-state index contributed by atoms with van der Waals surface area (Å²) in [6.07, 6.45) is 3.87. The smallest absolute Gasteiger partial charge is 1.00 e. The standard InChI is InChI=1S/C10H15.2ClH.V/c1-3-4-5-10-7-6-9(2)8-10;;;/h6-8H,3-5H2,1-2H3;2*1H;/q-1;;;+2/p-2. The Morgan fingerprint density at radius 2 is 1.92 bits per heavy atom. The molecule has 0 amide bonds. The van der Waals surface area contributed by atoms with Gasteiger partial charge in [-0.15, -0.1) is 0 Å². The summed E-state index contributed by atoms with van der Waals surface area (Å²) in [5.74, 6) is 0. The molecule has 0 spiro atoms. The van der Waals surface area contributed by atoms with Crippen LogP contribution in [0.3, 0.4) is 0 Å². The fraction of sp³-hybridized carbons (Fsp3) is 0.500. The molecule has 0 N–H and O–H groups in total. The van der Waals surface area contributed by atoms with Crippen LogP contribution in [0, 0.1) is 6.92 Å². The van der Waals surface area contributed by atoms with E-state index >= 15 is 0 Å². The van der Waals surface area contributed by atoms with Gasteiger partial charge in [0.1, 0.15) is 0 Å². The van der Waals surface area contributed by atoms with Gasteiger partial charge < -0.3 is 24.8 Å². The van der Waals surface area contributed by atoms with Crippen LogP contribution in [0.4, 0.5) is 0 Å². The van der Waals surface area contributed by atoms with Gasteiger partial charge in [0.2, 0.25) is 0 Å². The minimum absolute atomic E-state index is 0. The number of rotatable bonds is 3. The monoisotopic (exact) mass is 256 g/mol. The Morgan fingerprint density at radius 3 is 2.31 bits per heavy atom. The summed E-state index contributed by atoms with van der Waals surface area (Å²) in [7, 11) is 0. The minimum Gasteiger partial charge on any atom is -1.00 e. The predicted octanol–water partition coefficient (Wildman–Crippen LogP) is -2.94. The second kappa shape index (κ2) is 10.6. The van der Waals surface area contributed by atoms with E-state index in [2.05, 4.69) is 32.0 Å². The van der Waals surface area contributed by atoms with Crippen LogP contribution in [0.25, 0.3) is 0 Å². The largest absolute Gasteiger partial charge is 2.00 e. The average molecular weight is 257 g/mol. The van der Waals surface area contributed by atoms with Gasteiger partial charge in [-0.25, -0.2) is 6.07 Å². The summed E-state index contributed by atoms with van der Waals surface area (Å²) in [5.41, 5.74) is 2.89. The molecule has 1 aromatic carbocycles. The molecule has 0 aliphatic rings. The quantitative estimate of drug-likeness (QED) is 0.508. The molecule has 0 bridgehead atoms. The van der Waals surface area contributed by atoms with Crippen LogP contribution in [0.2, 0.25) is 0 Å². The molecule has 0 heterocycles. The molecule has 0 aromatic heterocycles. The molecular formula is C10H15Cl2V-. The topological polar surface area (TPSA) is 0 Å². The summed E-state index contributed by atoms with van der Waals surface area (Å²) >= 11 is 0. The maximum absolute atomic E-state index is 2.27. The van der Waals surface area contributed by atoms with Crippen LogP contribution in [0.5, 0.6) is 0 Å². The minimum atomic E-state index is 0. The summed E-state index contributed by atoms with van der Waals surface area (Å²) in [6.45, 7) is 4.38. The molecule has 1 rings (SSSR count). The van der Waals surface area contributed by atoms with Crippen LogP contribution >= 0.6 is 0 Å². The summed E-state index contributed by atoms with van der Waals surface area (Å²) in [4.78, 5) is 0. The van der Waals surface area contributed by atoms with Gasteiger partial charge in [0.25, 0.3) is 0 Å². The van der Waals surface area contributed by atoms with E-state index in [0.29, 0.717) is 0 Å². The van der Waals surface area contributed by atoms with Crippen molar-refractivity contribution in [2.24, 2.45) is 0 Å². The van der Waals surface area contributed by atoms with Crippen LogP contribution in [-0.2, 0) is 25.0 Å². The third-order valence-corrected chi connectivity index (χ3v) is 1.79. The first-order valence-corrected chi connectivity index (χ1v) is 4.05. The Bertz CT molecular complexity index is 197. The van der Waals surface area contributed by atoms with Crippen molar-refractivity contribution in [2.45, 2.75) is 33.1 Å². The van der Waals surface area contributed by atoms with E-state index in [4.69, 9.17) is 0 Å². The second-order valence-electron chi connectivity index (χ2n) is 2.90. The van der Waals surface area contributed by atoms with Gasteiger partial charge in [0.05, 0.1) is 0 Å². The Kier molecular flexibility index (Phi) is 15.6. The van der Waals surface area contributed by atoms with E-state index in [0.717, 1.165) is 0 Å². The van der Waals surface area contributed by atoms with E-state index in [1.54, 1.807) is 0 Å². The first kappa shape index (κ1) is 19.1. The molecule has 0 nitrogen and oxygen atoms in total. The van der Waals surface area contributed by atoms with Crippen molar-refractivity contribution in [2.75, 3.05) is 0 Å². The molecule has 0 saturated heterocycles. The van der Waals surface area contributed by atoms with Gasteiger partial charge in [-0.2, -0.15) is 23.3 Å². The first-order valence-electron chi connectivity index (χ1n) is 4.05. The maximum atomic E-state index is 2.27. The SMILES string of the molecule is CCCCc1cc[c-](C)c1.[Cl-].[Cl-].[V+2]. The molecule has 75 valence electrons. The Hall–Kier alpha value is 0.514. The maximum Gasteiger partial charge on any atom is 2.00 e. The molecule has 3 heteroatoms. The molecule has 0 unspecified atom stereocenters. The van der Waals surface area contributed by atoms with E-state index < -0.39 is 0 Å². The normalized spacial score (nSPS) is 7.85. The number of aryl methyl sites for hydroxylation is 2. The van der Waals surface area contributed by atoms with Gasteiger partial charge in [-0.05, 0) is 0 Å². The molecule has 0 aliphatic carbocycles. The Labute approximate surface area is 106 Å². The fourth-order valence-electron chi connectivity index (χ4n) is 1.16. The van der Waals surface area contributed by atoms with Crippen molar-refractivity contribution in [3.8, 4) is 0 Å². The number of unbranched alkanes of at least 4 members (excludes halogenated alkanes) is 1. The summed E-state index contributed by atoms with van der Waals surface area (Å²) in [5, 5.41) is 0. The third kappa shape index (κ3) is 7.58. The second-order valence-corrected chi connectivity index (χ2v) is 2.90. The first-order chi connectivity index (χ1) is 4.83. The van der Waals surface area contributed by atoms with Crippen LogP contribution in [0.15, 0.2) is 18.2 Å². The number of hydrogen-bond donors (Lipinski definition) is 0.